The molecule has 2 aromatic rings. The molecule has 0 fully saturated rings. The van der Waals surface area contributed by atoms with Crippen molar-refractivity contribution >= 4 is 40.6 Å². The van der Waals surface area contributed by atoms with Crippen molar-refractivity contribution in [1.82, 2.24) is 0 Å². The molecule has 2 rings (SSSR count). The average molecular weight is 347 g/mol. The maximum absolute atomic E-state index is 11.8. The minimum absolute atomic E-state index is 0.0657. The molecular weight excluding hydrogens is 332 g/mol. The molecule has 124 valence electrons. The number of rotatable bonds is 5. The number of nitrogens with one attached hydrogen (secondary N) is 1. The monoisotopic (exact) mass is 346 g/mol. The summed E-state index contributed by atoms with van der Waals surface area (Å²) in [4.78, 5) is 34.8. The van der Waals surface area contributed by atoms with Crippen molar-refractivity contribution in [2.45, 2.75) is 6.92 Å². The van der Waals surface area contributed by atoms with Gasteiger partial charge in [0.1, 0.15) is 0 Å². The quantitative estimate of drug-likeness (QED) is 0.492. The van der Waals surface area contributed by atoms with Crippen LogP contribution in [0.2, 0.25) is 5.02 Å². The third-order valence-corrected chi connectivity index (χ3v) is 3.49. The lowest BCUT2D eigenvalue weighted by molar-refractivity contribution is -0.119. The Labute approximate surface area is 143 Å². The Morgan fingerprint density at radius 2 is 1.71 bits per heavy atom. The van der Waals surface area contributed by atoms with Crippen LogP contribution in [-0.2, 0) is 9.53 Å². The fourth-order valence-corrected chi connectivity index (χ4v) is 1.99. The zero-order chi connectivity index (χ0) is 17.7. The molecule has 0 aliphatic rings. The highest BCUT2D eigenvalue weighted by Gasteiger charge is 2.12. The molecule has 0 unspecified atom stereocenters. The van der Waals surface area contributed by atoms with Crippen LogP contribution in [-0.4, -0.2) is 24.3 Å². The Balaban J connectivity index is 1.89. The van der Waals surface area contributed by atoms with E-state index in [-0.39, 0.29) is 17.0 Å². The van der Waals surface area contributed by atoms with E-state index in [4.69, 9.17) is 22.1 Å². The van der Waals surface area contributed by atoms with E-state index >= 15 is 0 Å². The van der Waals surface area contributed by atoms with Gasteiger partial charge in [-0.05, 0) is 49.4 Å². The number of esters is 1. The zero-order valence-electron chi connectivity index (χ0n) is 12.8. The van der Waals surface area contributed by atoms with Gasteiger partial charge in [0.25, 0.3) is 5.91 Å². The number of hydrogen-bond acceptors (Lipinski definition) is 5. The third-order valence-electron chi connectivity index (χ3n) is 3.14. The number of ketones is 1. The highest BCUT2D eigenvalue weighted by Crippen LogP contribution is 2.19. The second-order valence-electron chi connectivity index (χ2n) is 4.99. The summed E-state index contributed by atoms with van der Waals surface area (Å²) >= 11 is 5.77. The van der Waals surface area contributed by atoms with E-state index in [1.807, 2.05) is 0 Å². The molecule has 1 amide bonds. The van der Waals surface area contributed by atoms with Gasteiger partial charge in [-0.2, -0.15) is 0 Å². The summed E-state index contributed by atoms with van der Waals surface area (Å²) < 4.78 is 4.92. The van der Waals surface area contributed by atoms with Gasteiger partial charge in [0, 0.05) is 11.3 Å². The van der Waals surface area contributed by atoms with Crippen LogP contribution >= 0.6 is 11.6 Å². The maximum Gasteiger partial charge on any atom is 0.338 e. The predicted molar refractivity (Wildman–Crippen MR) is 91.2 cm³/mol. The Bertz CT molecular complexity index is 788. The van der Waals surface area contributed by atoms with Crippen LogP contribution in [0.3, 0.4) is 0 Å². The summed E-state index contributed by atoms with van der Waals surface area (Å²) in [5.74, 6) is -1.25. The van der Waals surface area contributed by atoms with Crippen LogP contribution in [0, 0.1) is 0 Å². The number of nitrogen functional groups attached to an aromatic ring is 1. The van der Waals surface area contributed by atoms with Crippen LogP contribution in [0.5, 0.6) is 0 Å². The molecule has 0 saturated carbocycles. The van der Waals surface area contributed by atoms with Gasteiger partial charge < -0.3 is 15.8 Å². The first-order valence-corrected chi connectivity index (χ1v) is 7.37. The van der Waals surface area contributed by atoms with E-state index in [2.05, 4.69) is 5.32 Å². The number of carbonyl (C=O) groups is 3. The molecule has 6 nitrogen and oxygen atoms in total. The second kappa shape index (κ2) is 7.61. The summed E-state index contributed by atoms with van der Waals surface area (Å²) in [5.41, 5.74) is 7.10. The highest BCUT2D eigenvalue weighted by molar-refractivity contribution is 6.33. The van der Waals surface area contributed by atoms with Gasteiger partial charge in [-0.1, -0.05) is 11.6 Å². The molecular formula is C17H15ClN2O4. The van der Waals surface area contributed by atoms with E-state index in [0.717, 1.165) is 0 Å². The lowest BCUT2D eigenvalue weighted by Gasteiger charge is -2.08. The van der Waals surface area contributed by atoms with Crippen molar-refractivity contribution < 1.29 is 19.1 Å². The smallest absolute Gasteiger partial charge is 0.338 e. The van der Waals surface area contributed by atoms with Gasteiger partial charge in [0.15, 0.2) is 12.4 Å². The summed E-state index contributed by atoms with van der Waals surface area (Å²) in [7, 11) is 0. The minimum Gasteiger partial charge on any atom is -0.452 e. The molecule has 0 aliphatic heterocycles. The van der Waals surface area contributed by atoms with E-state index < -0.39 is 18.5 Å². The van der Waals surface area contributed by atoms with E-state index in [1.165, 1.54) is 25.1 Å². The molecule has 0 saturated heterocycles. The van der Waals surface area contributed by atoms with Crippen molar-refractivity contribution in [2.24, 2.45) is 0 Å². The first kappa shape index (κ1) is 17.5. The molecule has 0 aromatic heterocycles. The van der Waals surface area contributed by atoms with Gasteiger partial charge >= 0.3 is 5.97 Å². The fraction of sp³-hybridized carbons (Fsp3) is 0.118. The number of benzene rings is 2. The molecule has 0 spiro atoms. The predicted octanol–water partition coefficient (Wildman–Crippen LogP) is 2.92. The molecule has 0 bridgehead atoms. The fourth-order valence-electron chi connectivity index (χ4n) is 1.87. The number of anilines is 2. The Morgan fingerprint density at radius 1 is 1.08 bits per heavy atom. The van der Waals surface area contributed by atoms with Crippen LogP contribution < -0.4 is 11.1 Å². The number of amides is 1. The molecule has 24 heavy (non-hydrogen) atoms. The summed E-state index contributed by atoms with van der Waals surface area (Å²) in [6.07, 6.45) is 0. The number of carbonyl (C=O) groups excluding carboxylic acids is 3. The summed E-state index contributed by atoms with van der Waals surface area (Å²) in [5, 5.41) is 2.89. The number of halogens is 1. The Kier molecular flexibility index (Phi) is 5.55. The Hall–Kier alpha value is -2.86. The first-order valence-electron chi connectivity index (χ1n) is 7.00. The van der Waals surface area contributed by atoms with Crippen LogP contribution in [0.15, 0.2) is 42.5 Å². The van der Waals surface area contributed by atoms with Crippen molar-refractivity contribution in [3.05, 3.63) is 58.6 Å². The first-order chi connectivity index (χ1) is 11.4. The number of ether oxygens (including phenoxy) is 1. The van der Waals surface area contributed by atoms with Crippen LogP contribution in [0.25, 0.3) is 0 Å². The topological polar surface area (TPSA) is 98.5 Å². The summed E-state index contributed by atoms with van der Waals surface area (Å²) in [6, 6.07) is 10.7. The third kappa shape index (κ3) is 4.57. The van der Waals surface area contributed by atoms with Crippen molar-refractivity contribution in [1.29, 1.82) is 0 Å². The standard InChI is InChI=1S/C17H15ClN2O4/c1-10(21)11-2-5-13(6-3-11)20-16(22)9-24-17(23)12-4-7-14(18)15(19)8-12/h2-8H,9,19H2,1H3,(H,20,22). The maximum atomic E-state index is 11.8. The van der Waals surface area contributed by atoms with Crippen molar-refractivity contribution in [2.75, 3.05) is 17.7 Å². The number of Topliss-reactive ketones (excluding diaryl/α,β-unsaturated/α-hetero) is 1. The average Bonchev–Trinajstić information content (AvgIpc) is 2.55. The summed E-state index contributed by atoms with van der Waals surface area (Å²) in [6.45, 7) is 1.01. The molecule has 7 heteroatoms. The largest absolute Gasteiger partial charge is 0.452 e. The normalized spacial score (nSPS) is 10.1. The van der Waals surface area contributed by atoms with Crippen molar-refractivity contribution in [3.63, 3.8) is 0 Å². The lowest BCUT2D eigenvalue weighted by atomic mass is 10.1. The van der Waals surface area contributed by atoms with E-state index in [9.17, 15) is 14.4 Å². The van der Waals surface area contributed by atoms with Gasteiger partial charge in [0.2, 0.25) is 0 Å². The van der Waals surface area contributed by atoms with Crippen LogP contribution in [0.4, 0.5) is 11.4 Å². The van der Waals surface area contributed by atoms with Gasteiger partial charge in [-0.3, -0.25) is 9.59 Å². The molecule has 0 radical (unpaired) electrons. The van der Waals surface area contributed by atoms with Gasteiger partial charge in [0.05, 0.1) is 16.3 Å². The van der Waals surface area contributed by atoms with Gasteiger partial charge in [-0.25, -0.2) is 4.79 Å². The van der Waals surface area contributed by atoms with Crippen LogP contribution in [0.1, 0.15) is 27.6 Å². The van der Waals surface area contributed by atoms with Crippen molar-refractivity contribution in [3.8, 4) is 0 Å². The highest BCUT2D eigenvalue weighted by atomic mass is 35.5. The number of hydrogen-bond donors (Lipinski definition) is 2. The Morgan fingerprint density at radius 3 is 2.29 bits per heavy atom. The van der Waals surface area contributed by atoms with E-state index in [0.29, 0.717) is 16.3 Å². The SMILES string of the molecule is CC(=O)c1ccc(NC(=O)COC(=O)c2ccc(Cl)c(N)c2)cc1. The second-order valence-corrected chi connectivity index (χ2v) is 5.40. The molecule has 0 heterocycles. The molecule has 0 aliphatic carbocycles. The number of nitrogens with two attached hydrogens (primary N) is 1. The zero-order valence-corrected chi connectivity index (χ0v) is 13.6. The van der Waals surface area contributed by atoms with E-state index in [1.54, 1.807) is 24.3 Å². The lowest BCUT2D eigenvalue weighted by Crippen LogP contribution is -2.21. The minimum atomic E-state index is -0.680. The molecule has 0 atom stereocenters. The van der Waals surface area contributed by atoms with Gasteiger partial charge in [-0.15, -0.1) is 0 Å². The molecule has 2 aromatic carbocycles. The molecule has 3 N–H and O–H groups in total.